The minimum atomic E-state index is 0.762. The van der Waals surface area contributed by atoms with E-state index in [4.69, 9.17) is 5.73 Å². The van der Waals surface area contributed by atoms with E-state index in [0.717, 1.165) is 25.1 Å². The van der Waals surface area contributed by atoms with Crippen LogP contribution in [0.15, 0.2) is 40.9 Å². The molecule has 0 aliphatic heterocycles. The zero-order chi connectivity index (χ0) is 12.4. The first kappa shape index (κ1) is 12.7. The summed E-state index contributed by atoms with van der Waals surface area (Å²) < 4.78 is 2.25. The molecule has 17 heavy (non-hydrogen) atoms. The molecule has 0 aromatic heterocycles. The van der Waals surface area contributed by atoms with Crippen molar-refractivity contribution in [1.29, 1.82) is 0 Å². The van der Waals surface area contributed by atoms with E-state index < -0.39 is 0 Å². The largest absolute Gasteiger partial charge is 0.397 e. The van der Waals surface area contributed by atoms with Crippen LogP contribution in [0.1, 0.15) is 5.56 Å². The Morgan fingerprint density at radius 3 is 2.59 bits per heavy atom. The topological polar surface area (TPSA) is 38.0 Å². The molecule has 0 fully saturated rings. The van der Waals surface area contributed by atoms with Crippen LogP contribution >= 0.6 is 38.5 Å². The van der Waals surface area contributed by atoms with Gasteiger partial charge in [-0.05, 0) is 71.5 Å². The van der Waals surface area contributed by atoms with Gasteiger partial charge in [0.25, 0.3) is 0 Å². The molecule has 0 saturated carbocycles. The first-order valence-electron chi connectivity index (χ1n) is 5.14. The highest BCUT2D eigenvalue weighted by Gasteiger charge is 2.02. The highest BCUT2D eigenvalue weighted by atomic mass is 127. The lowest BCUT2D eigenvalue weighted by Crippen LogP contribution is -1.97. The van der Waals surface area contributed by atoms with Crippen LogP contribution in [0.3, 0.4) is 0 Å². The van der Waals surface area contributed by atoms with E-state index in [1.54, 1.807) is 0 Å². The van der Waals surface area contributed by atoms with Gasteiger partial charge in [-0.3, -0.25) is 0 Å². The van der Waals surface area contributed by atoms with Crippen molar-refractivity contribution in [3.8, 4) is 0 Å². The van der Waals surface area contributed by atoms with E-state index >= 15 is 0 Å². The third-order valence-electron chi connectivity index (χ3n) is 2.45. The lowest BCUT2D eigenvalue weighted by atomic mass is 10.2. The molecule has 88 valence electrons. The van der Waals surface area contributed by atoms with Gasteiger partial charge in [0.15, 0.2) is 0 Å². The summed E-state index contributed by atoms with van der Waals surface area (Å²) in [7, 11) is 0. The van der Waals surface area contributed by atoms with Crippen molar-refractivity contribution in [2.24, 2.45) is 0 Å². The molecular formula is C13H12BrIN2. The maximum Gasteiger partial charge on any atom is 0.0618 e. The molecule has 0 unspecified atom stereocenters. The third kappa shape index (κ3) is 3.13. The Bertz CT molecular complexity index is 555. The van der Waals surface area contributed by atoms with Crippen LogP contribution in [0.5, 0.6) is 0 Å². The molecule has 0 heterocycles. The molecule has 2 rings (SSSR count). The predicted molar refractivity (Wildman–Crippen MR) is 85.7 cm³/mol. The van der Waals surface area contributed by atoms with Crippen LogP contribution in [0.4, 0.5) is 17.1 Å². The van der Waals surface area contributed by atoms with E-state index in [2.05, 4.69) is 56.8 Å². The van der Waals surface area contributed by atoms with Gasteiger partial charge in [0.05, 0.1) is 11.4 Å². The van der Waals surface area contributed by atoms with Gasteiger partial charge in [0.1, 0.15) is 0 Å². The Balaban J connectivity index is 2.28. The summed E-state index contributed by atoms with van der Waals surface area (Å²) in [6.45, 7) is 2.06. The first-order chi connectivity index (χ1) is 8.06. The number of nitrogen functional groups attached to an aromatic ring is 1. The van der Waals surface area contributed by atoms with Crippen molar-refractivity contribution >= 4 is 55.6 Å². The second kappa shape index (κ2) is 5.27. The number of rotatable bonds is 2. The van der Waals surface area contributed by atoms with E-state index in [1.165, 1.54) is 5.56 Å². The van der Waals surface area contributed by atoms with Crippen molar-refractivity contribution in [2.75, 3.05) is 11.1 Å². The number of halogens is 2. The SMILES string of the molecule is Cc1cc(Nc2ccc(I)cc2N)ccc1Br. The molecule has 0 aliphatic rings. The van der Waals surface area contributed by atoms with Crippen LogP contribution in [0.25, 0.3) is 0 Å². The zero-order valence-electron chi connectivity index (χ0n) is 9.30. The van der Waals surface area contributed by atoms with Gasteiger partial charge in [-0.2, -0.15) is 0 Å². The van der Waals surface area contributed by atoms with Gasteiger partial charge in [-0.1, -0.05) is 15.9 Å². The Morgan fingerprint density at radius 2 is 1.94 bits per heavy atom. The summed E-state index contributed by atoms with van der Waals surface area (Å²) in [6.07, 6.45) is 0. The van der Waals surface area contributed by atoms with Crippen molar-refractivity contribution < 1.29 is 0 Å². The van der Waals surface area contributed by atoms with Gasteiger partial charge >= 0.3 is 0 Å². The van der Waals surface area contributed by atoms with E-state index in [9.17, 15) is 0 Å². The second-order valence-electron chi connectivity index (χ2n) is 3.82. The number of anilines is 3. The monoisotopic (exact) mass is 402 g/mol. The third-order valence-corrected chi connectivity index (χ3v) is 4.01. The molecule has 0 aliphatic carbocycles. The summed E-state index contributed by atoms with van der Waals surface area (Å²) in [5.41, 5.74) is 9.89. The molecular weight excluding hydrogens is 391 g/mol. The van der Waals surface area contributed by atoms with Gasteiger partial charge < -0.3 is 11.1 Å². The summed E-state index contributed by atoms with van der Waals surface area (Å²) in [6, 6.07) is 12.1. The zero-order valence-corrected chi connectivity index (χ0v) is 13.0. The highest BCUT2D eigenvalue weighted by molar-refractivity contribution is 14.1. The number of benzene rings is 2. The average Bonchev–Trinajstić information content (AvgIpc) is 2.27. The minimum Gasteiger partial charge on any atom is -0.397 e. The number of hydrogen-bond donors (Lipinski definition) is 2. The number of nitrogens with one attached hydrogen (secondary N) is 1. The average molecular weight is 403 g/mol. The fourth-order valence-corrected chi connectivity index (χ4v) is 2.29. The molecule has 0 atom stereocenters. The highest BCUT2D eigenvalue weighted by Crippen LogP contribution is 2.27. The number of aryl methyl sites for hydroxylation is 1. The molecule has 2 aromatic carbocycles. The minimum absolute atomic E-state index is 0.762. The van der Waals surface area contributed by atoms with Crippen molar-refractivity contribution in [3.05, 3.63) is 50.0 Å². The number of nitrogens with two attached hydrogens (primary N) is 1. The van der Waals surface area contributed by atoms with Crippen LogP contribution in [0, 0.1) is 10.5 Å². The standard InChI is InChI=1S/C13H12BrIN2/c1-8-6-10(3-4-11(8)14)17-13-5-2-9(15)7-12(13)16/h2-7,17H,16H2,1H3. The van der Waals surface area contributed by atoms with Gasteiger partial charge in [0.2, 0.25) is 0 Å². The van der Waals surface area contributed by atoms with Gasteiger partial charge in [0, 0.05) is 13.7 Å². The predicted octanol–water partition coefficient (Wildman–Crippen LogP) is 4.69. The van der Waals surface area contributed by atoms with Crippen LogP contribution in [0.2, 0.25) is 0 Å². The van der Waals surface area contributed by atoms with Crippen molar-refractivity contribution in [2.45, 2.75) is 6.92 Å². The summed E-state index contributed by atoms with van der Waals surface area (Å²) in [4.78, 5) is 0. The lowest BCUT2D eigenvalue weighted by molar-refractivity contribution is 1.41. The molecule has 3 N–H and O–H groups in total. The van der Waals surface area contributed by atoms with E-state index in [1.807, 2.05) is 30.3 Å². The van der Waals surface area contributed by atoms with Crippen LogP contribution in [-0.2, 0) is 0 Å². The van der Waals surface area contributed by atoms with Crippen LogP contribution in [-0.4, -0.2) is 0 Å². The van der Waals surface area contributed by atoms with Gasteiger partial charge in [-0.25, -0.2) is 0 Å². The molecule has 0 radical (unpaired) electrons. The maximum atomic E-state index is 5.96. The Hall–Kier alpha value is -0.750. The molecule has 0 saturated heterocycles. The summed E-state index contributed by atoms with van der Waals surface area (Å²) >= 11 is 5.73. The molecule has 2 aromatic rings. The Labute approximate surface area is 123 Å². The van der Waals surface area contributed by atoms with Crippen molar-refractivity contribution in [3.63, 3.8) is 0 Å². The lowest BCUT2D eigenvalue weighted by Gasteiger charge is -2.10. The van der Waals surface area contributed by atoms with Gasteiger partial charge in [-0.15, -0.1) is 0 Å². The molecule has 0 bridgehead atoms. The summed E-state index contributed by atoms with van der Waals surface area (Å²) in [5.74, 6) is 0. The summed E-state index contributed by atoms with van der Waals surface area (Å²) in [5, 5.41) is 3.32. The first-order valence-corrected chi connectivity index (χ1v) is 7.01. The number of hydrogen-bond acceptors (Lipinski definition) is 2. The quantitative estimate of drug-likeness (QED) is 0.565. The molecule has 0 amide bonds. The Morgan fingerprint density at radius 1 is 1.18 bits per heavy atom. The smallest absolute Gasteiger partial charge is 0.0618 e. The fourth-order valence-electron chi connectivity index (χ4n) is 1.53. The second-order valence-corrected chi connectivity index (χ2v) is 5.92. The van der Waals surface area contributed by atoms with E-state index in [-0.39, 0.29) is 0 Å². The molecule has 4 heteroatoms. The maximum absolute atomic E-state index is 5.96. The normalized spacial score (nSPS) is 10.3. The Kier molecular flexibility index (Phi) is 3.93. The van der Waals surface area contributed by atoms with Crippen molar-refractivity contribution in [1.82, 2.24) is 0 Å². The fraction of sp³-hybridized carbons (Fsp3) is 0.0769. The van der Waals surface area contributed by atoms with Crippen LogP contribution < -0.4 is 11.1 Å². The van der Waals surface area contributed by atoms with E-state index in [0.29, 0.717) is 0 Å². The molecule has 2 nitrogen and oxygen atoms in total. The molecule has 0 spiro atoms.